The van der Waals surface area contributed by atoms with Gasteiger partial charge in [-0.1, -0.05) is 26.2 Å². The summed E-state index contributed by atoms with van der Waals surface area (Å²) in [6.07, 6.45) is 4.77. The van der Waals surface area contributed by atoms with Crippen LogP contribution in [0.5, 0.6) is 0 Å². The largest absolute Gasteiger partial charge is 0.382 e. The van der Waals surface area contributed by atoms with Gasteiger partial charge in [-0.15, -0.1) is 0 Å². The fourth-order valence-corrected chi connectivity index (χ4v) is 2.25. The molecule has 0 aliphatic carbocycles. The highest BCUT2D eigenvalue weighted by atomic mass is 79.9. The van der Waals surface area contributed by atoms with Gasteiger partial charge in [0.15, 0.2) is 0 Å². The van der Waals surface area contributed by atoms with Gasteiger partial charge in [0.25, 0.3) is 5.69 Å². The van der Waals surface area contributed by atoms with Gasteiger partial charge in [-0.2, -0.15) is 0 Å². The van der Waals surface area contributed by atoms with E-state index in [1.165, 1.54) is 31.4 Å². The maximum atomic E-state index is 10.6. The average Bonchev–Trinajstić information content (AvgIpc) is 2.32. The topological polar surface area (TPSA) is 55.2 Å². The summed E-state index contributed by atoms with van der Waals surface area (Å²) in [5, 5.41) is 14.0. The lowest BCUT2D eigenvalue weighted by Gasteiger charge is -2.16. The van der Waals surface area contributed by atoms with Crippen LogP contribution in [0.25, 0.3) is 0 Å². The molecule has 1 unspecified atom stereocenters. The summed E-state index contributed by atoms with van der Waals surface area (Å²) in [6.45, 7) is 4.31. The van der Waals surface area contributed by atoms with E-state index in [1.807, 2.05) is 0 Å². The molecule has 0 saturated heterocycles. The number of halogens is 1. The van der Waals surface area contributed by atoms with E-state index in [0.717, 1.165) is 16.6 Å². The number of benzene rings is 1. The summed E-state index contributed by atoms with van der Waals surface area (Å²) in [5.41, 5.74) is 1.01. The Morgan fingerprint density at radius 3 is 2.72 bits per heavy atom. The molecule has 1 N–H and O–H groups in total. The second kappa shape index (κ2) is 7.36. The molecule has 1 rings (SSSR count). The van der Waals surface area contributed by atoms with Gasteiger partial charge in [-0.25, -0.2) is 0 Å². The second-order valence-corrected chi connectivity index (χ2v) is 5.32. The molecule has 0 bridgehead atoms. The lowest BCUT2D eigenvalue weighted by molar-refractivity contribution is -0.384. The van der Waals surface area contributed by atoms with Crippen LogP contribution >= 0.6 is 15.9 Å². The first kappa shape index (κ1) is 15.0. The van der Waals surface area contributed by atoms with Crippen molar-refractivity contribution in [2.24, 2.45) is 0 Å². The Hall–Kier alpha value is -1.10. The Balaban J connectivity index is 2.59. The summed E-state index contributed by atoms with van der Waals surface area (Å²) in [5.74, 6) is 0. The Morgan fingerprint density at radius 1 is 1.44 bits per heavy atom. The van der Waals surface area contributed by atoms with E-state index in [1.54, 1.807) is 6.07 Å². The number of nitro groups is 1. The van der Waals surface area contributed by atoms with Crippen molar-refractivity contribution in [2.45, 2.75) is 45.6 Å². The predicted molar refractivity (Wildman–Crippen MR) is 78.0 cm³/mol. The van der Waals surface area contributed by atoms with E-state index < -0.39 is 0 Å². The standard InChI is InChI=1S/C13H19BrN2O2/c1-3-4-5-6-10(2)15-13-8-7-11(16(17)18)9-12(13)14/h7-10,15H,3-6H2,1-2H3. The molecular weight excluding hydrogens is 296 g/mol. The number of hydrogen-bond acceptors (Lipinski definition) is 3. The normalized spacial score (nSPS) is 12.2. The van der Waals surface area contributed by atoms with Gasteiger partial charge < -0.3 is 5.32 Å². The number of hydrogen-bond donors (Lipinski definition) is 1. The molecule has 0 aliphatic heterocycles. The van der Waals surface area contributed by atoms with Gasteiger partial charge in [-0.05, 0) is 35.3 Å². The van der Waals surface area contributed by atoms with Crippen LogP contribution in [-0.4, -0.2) is 11.0 Å². The fourth-order valence-electron chi connectivity index (χ4n) is 1.77. The third-order valence-electron chi connectivity index (χ3n) is 2.81. The minimum absolute atomic E-state index is 0.103. The molecule has 0 spiro atoms. The van der Waals surface area contributed by atoms with Gasteiger partial charge >= 0.3 is 0 Å². The van der Waals surface area contributed by atoms with Crippen molar-refractivity contribution in [1.29, 1.82) is 0 Å². The van der Waals surface area contributed by atoms with Crippen molar-refractivity contribution in [1.82, 2.24) is 0 Å². The molecule has 0 radical (unpaired) electrons. The first-order chi connectivity index (χ1) is 8.54. The minimum atomic E-state index is -0.390. The summed E-state index contributed by atoms with van der Waals surface area (Å²) in [4.78, 5) is 10.2. The maximum Gasteiger partial charge on any atom is 0.270 e. The SMILES string of the molecule is CCCCCC(C)Nc1ccc([N+](=O)[O-])cc1Br. The summed E-state index contributed by atoms with van der Waals surface area (Å²) < 4.78 is 0.735. The van der Waals surface area contributed by atoms with Gasteiger partial charge in [0.1, 0.15) is 0 Å². The zero-order valence-corrected chi connectivity index (χ0v) is 12.4. The number of nitro benzene ring substituents is 1. The van der Waals surface area contributed by atoms with Crippen LogP contribution in [0.4, 0.5) is 11.4 Å². The fraction of sp³-hybridized carbons (Fsp3) is 0.538. The van der Waals surface area contributed by atoms with Crippen molar-refractivity contribution in [3.8, 4) is 0 Å². The summed E-state index contributed by atoms with van der Waals surface area (Å²) in [7, 11) is 0. The van der Waals surface area contributed by atoms with Gasteiger partial charge in [0.2, 0.25) is 0 Å². The van der Waals surface area contributed by atoms with Gasteiger partial charge in [0.05, 0.1) is 4.92 Å². The first-order valence-corrected chi connectivity index (χ1v) is 7.04. The minimum Gasteiger partial charge on any atom is -0.382 e. The molecule has 18 heavy (non-hydrogen) atoms. The molecule has 1 atom stereocenters. The molecule has 0 fully saturated rings. The van der Waals surface area contributed by atoms with E-state index in [2.05, 4.69) is 35.1 Å². The Kier molecular flexibility index (Phi) is 6.12. The average molecular weight is 315 g/mol. The Bertz CT molecular complexity index is 410. The molecule has 0 aliphatic rings. The highest BCUT2D eigenvalue weighted by Gasteiger charge is 2.10. The summed E-state index contributed by atoms with van der Waals surface area (Å²) >= 11 is 3.36. The third-order valence-corrected chi connectivity index (χ3v) is 3.46. The second-order valence-electron chi connectivity index (χ2n) is 4.46. The third kappa shape index (κ3) is 4.64. The molecule has 0 saturated carbocycles. The van der Waals surface area contributed by atoms with Crippen molar-refractivity contribution in [2.75, 3.05) is 5.32 Å². The van der Waals surface area contributed by atoms with Crippen LogP contribution in [0.15, 0.2) is 22.7 Å². The number of unbranched alkanes of at least 4 members (excludes halogenated alkanes) is 2. The molecule has 0 aromatic heterocycles. The Labute approximate surface area is 116 Å². The first-order valence-electron chi connectivity index (χ1n) is 6.25. The number of rotatable bonds is 7. The summed E-state index contributed by atoms with van der Waals surface area (Å²) in [6, 6.07) is 5.17. The zero-order chi connectivity index (χ0) is 13.5. The van der Waals surface area contributed by atoms with Crippen LogP contribution in [0.1, 0.15) is 39.5 Å². The predicted octanol–water partition coefficient (Wildman–Crippen LogP) is 4.74. The molecule has 100 valence electrons. The monoisotopic (exact) mass is 314 g/mol. The van der Waals surface area contributed by atoms with E-state index in [4.69, 9.17) is 0 Å². The number of non-ortho nitro benzene ring substituents is 1. The zero-order valence-electron chi connectivity index (χ0n) is 10.8. The molecule has 4 nitrogen and oxygen atoms in total. The van der Waals surface area contributed by atoms with Gasteiger partial charge in [-0.3, -0.25) is 10.1 Å². The number of anilines is 1. The van der Waals surface area contributed by atoms with Crippen molar-refractivity contribution >= 4 is 27.3 Å². The quantitative estimate of drug-likeness (QED) is 0.449. The van der Waals surface area contributed by atoms with Crippen molar-refractivity contribution < 1.29 is 4.92 Å². The van der Waals surface area contributed by atoms with Crippen LogP contribution < -0.4 is 5.32 Å². The van der Waals surface area contributed by atoms with Gasteiger partial charge in [0, 0.05) is 28.3 Å². The van der Waals surface area contributed by atoms with Crippen LogP contribution in [0.2, 0.25) is 0 Å². The van der Waals surface area contributed by atoms with E-state index in [-0.39, 0.29) is 10.6 Å². The van der Waals surface area contributed by atoms with Crippen molar-refractivity contribution in [3.05, 3.63) is 32.8 Å². The molecular formula is C13H19BrN2O2. The molecule has 1 aromatic rings. The molecule has 1 aromatic carbocycles. The van der Waals surface area contributed by atoms with Crippen LogP contribution in [0.3, 0.4) is 0 Å². The van der Waals surface area contributed by atoms with E-state index >= 15 is 0 Å². The highest BCUT2D eigenvalue weighted by Crippen LogP contribution is 2.28. The molecule has 0 amide bonds. The maximum absolute atomic E-state index is 10.6. The number of nitrogens with zero attached hydrogens (tertiary/aromatic N) is 1. The Morgan fingerprint density at radius 2 is 2.17 bits per heavy atom. The lowest BCUT2D eigenvalue weighted by atomic mass is 10.1. The lowest BCUT2D eigenvalue weighted by Crippen LogP contribution is -2.15. The smallest absolute Gasteiger partial charge is 0.270 e. The van der Waals surface area contributed by atoms with Crippen molar-refractivity contribution in [3.63, 3.8) is 0 Å². The molecule has 5 heteroatoms. The number of nitrogens with one attached hydrogen (secondary N) is 1. The molecule has 0 heterocycles. The van der Waals surface area contributed by atoms with Crippen LogP contribution in [-0.2, 0) is 0 Å². The highest BCUT2D eigenvalue weighted by molar-refractivity contribution is 9.10. The van der Waals surface area contributed by atoms with Crippen LogP contribution in [0, 0.1) is 10.1 Å². The van der Waals surface area contributed by atoms with E-state index in [9.17, 15) is 10.1 Å². The van der Waals surface area contributed by atoms with E-state index in [0.29, 0.717) is 6.04 Å².